The second-order valence-corrected chi connectivity index (χ2v) is 4.28. The Morgan fingerprint density at radius 2 is 2.00 bits per heavy atom. The topological polar surface area (TPSA) is 26.3 Å². The largest absolute Gasteiger partial charge is 0.457 e. The second-order valence-electron chi connectivity index (χ2n) is 3.36. The molecule has 0 N–H and O–H groups in total. The summed E-state index contributed by atoms with van der Waals surface area (Å²) in [6, 6.07) is 11.0. The number of carbonyl (C=O) groups excluding carboxylic acids is 1. The number of benzene rings is 2. The highest BCUT2D eigenvalue weighted by molar-refractivity contribution is 9.10. The van der Waals surface area contributed by atoms with Crippen molar-refractivity contribution in [2.75, 3.05) is 0 Å². The lowest BCUT2D eigenvalue weighted by molar-refractivity contribution is 0.112. The van der Waals surface area contributed by atoms with Crippen LogP contribution in [0, 0.1) is 5.82 Å². The van der Waals surface area contributed by atoms with E-state index in [1.54, 1.807) is 12.1 Å². The van der Waals surface area contributed by atoms with Crippen molar-refractivity contribution in [3.05, 3.63) is 58.3 Å². The molecular formula is C13H8BrFO2. The number of ether oxygens (including phenoxy) is 1. The Morgan fingerprint density at radius 1 is 1.18 bits per heavy atom. The first-order chi connectivity index (χ1) is 8.19. The molecule has 0 atom stereocenters. The van der Waals surface area contributed by atoms with Gasteiger partial charge in [0.1, 0.15) is 17.3 Å². The van der Waals surface area contributed by atoms with E-state index in [1.807, 2.05) is 12.1 Å². The number of hydrogen-bond acceptors (Lipinski definition) is 2. The molecule has 2 aromatic rings. The molecule has 2 aromatic carbocycles. The lowest BCUT2D eigenvalue weighted by Crippen LogP contribution is -1.91. The number of aldehydes is 1. The van der Waals surface area contributed by atoms with Gasteiger partial charge in [-0.1, -0.05) is 22.0 Å². The van der Waals surface area contributed by atoms with Crippen LogP contribution in [0.15, 0.2) is 46.9 Å². The fourth-order valence-corrected chi connectivity index (χ4v) is 1.74. The van der Waals surface area contributed by atoms with E-state index in [9.17, 15) is 9.18 Å². The first-order valence-corrected chi connectivity index (χ1v) is 5.66. The zero-order chi connectivity index (χ0) is 12.3. The van der Waals surface area contributed by atoms with Crippen LogP contribution in [0.2, 0.25) is 0 Å². The maximum absolute atomic E-state index is 12.9. The van der Waals surface area contributed by atoms with Crippen molar-refractivity contribution in [1.82, 2.24) is 0 Å². The molecule has 0 unspecified atom stereocenters. The van der Waals surface area contributed by atoms with Gasteiger partial charge in [-0.15, -0.1) is 0 Å². The maximum Gasteiger partial charge on any atom is 0.153 e. The highest BCUT2D eigenvalue weighted by Gasteiger charge is 2.06. The van der Waals surface area contributed by atoms with Crippen LogP contribution in [0.1, 0.15) is 10.4 Å². The van der Waals surface area contributed by atoms with Crippen LogP contribution >= 0.6 is 15.9 Å². The van der Waals surface area contributed by atoms with Gasteiger partial charge in [0.15, 0.2) is 6.29 Å². The minimum atomic E-state index is -0.464. The summed E-state index contributed by atoms with van der Waals surface area (Å²) < 4.78 is 19.3. The molecule has 0 radical (unpaired) electrons. The van der Waals surface area contributed by atoms with E-state index in [4.69, 9.17) is 4.74 Å². The number of hydrogen-bond donors (Lipinski definition) is 0. The highest BCUT2D eigenvalue weighted by Crippen LogP contribution is 2.26. The third-order valence-electron chi connectivity index (χ3n) is 2.12. The number of rotatable bonds is 3. The summed E-state index contributed by atoms with van der Waals surface area (Å²) in [4.78, 5) is 10.8. The van der Waals surface area contributed by atoms with Crippen molar-refractivity contribution < 1.29 is 13.9 Å². The molecule has 0 saturated carbocycles. The Kier molecular flexibility index (Phi) is 3.54. The van der Waals surface area contributed by atoms with Crippen molar-refractivity contribution in [1.29, 1.82) is 0 Å². The van der Waals surface area contributed by atoms with E-state index in [0.717, 1.165) is 10.5 Å². The lowest BCUT2D eigenvalue weighted by atomic mass is 10.2. The van der Waals surface area contributed by atoms with Gasteiger partial charge < -0.3 is 4.74 Å². The van der Waals surface area contributed by atoms with Crippen LogP contribution in [-0.4, -0.2) is 6.29 Å². The van der Waals surface area contributed by atoms with Gasteiger partial charge in [-0.25, -0.2) is 4.39 Å². The summed E-state index contributed by atoms with van der Waals surface area (Å²) in [5.41, 5.74) is 0.185. The molecule has 17 heavy (non-hydrogen) atoms. The predicted octanol–water partition coefficient (Wildman–Crippen LogP) is 4.19. The van der Waals surface area contributed by atoms with E-state index in [2.05, 4.69) is 15.9 Å². The first-order valence-electron chi connectivity index (χ1n) is 4.87. The molecule has 86 valence electrons. The molecule has 4 heteroatoms. The molecule has 0 bridgehead atoms. The van der Waals surface area contributed by atoms with Crippen molar-refractivity contribution >= 4 is 22.2 Å². The molecule has 0 saturated heterocycles. The molecule has 2 nitrogen and oxygen atoms in total. The fraction of sp³-hybridized carbons (Fsp3) is 0. The maximum atomic E-state index is 12.9. The van der Waals surface area contributed by atoms with Crippen molar-refractivity contribution in [3.63, 3.8) is 0 Å². The Balaban J connectivity index is 2.32. The zero-order valence-corrected chi connectivity index (χ0v) is 10.3. The van der Waals surface area contributed by atoms with Crippen LogP contribution in [0.5, 0.6) is 11.5 Å². The Hall–Kier alpha value is -1.68. The lowest BCUT2D eigenvalue weighted by Gasteiger charge is -2.08. The smallest absolute Gasteiger partial charge is 0.153 e. The number of halogens is 2. The Bertz CT molecular complexity index is 555. The molecular weight excluding hydrogens is 287 g/mol. The third-order valence-corrected chi connectivity index (χ3v) is 2.62. The molecule has 0 amide bonds. The average Bonchev–Trinajstić information content (AvgIpc) is 2.31. The second kappa shape index (κ2) is 5.10. The minimum absolute atomic E-state index is 0.185. The van der Waals surface area contributed by atoms with Crippen molar-refractivity contribution in [2.24, 2.45) is 0 Å². The number of carbonyl (C=O) groups is 1. The van der Waals surface area contributed by atoms with E-state index in [1.165, 1.54) is 12.1 Å². The molecule has 0 heterocycles. The van der Waals surface area contributed by atoms with E-state index < -0.39 is 5.82 Å². The average molecular weight is 295 g/mol. The highest BCUT2D eigenvalue weighted by atomic mass is 79.9. The molecule has 0 aliphatic carbocycles. The van der Waals surface area contributed by atoms with Crippen LogP contribution in [0.25, 0.3) is 0 Å². The van der Waals surface area contributed by atoms with E-state index >= 15 is 0 Å². The van der Waals surface area contributed by atoms with Gasteiger partial charge in [-0.05, 0) is 36.4 Å². The van der Waals surface area contributed by atoms with Crippen molar-refractivity contribution in [2.45, 2.75) is 0 Å². The summed E-state index contributed by atoms with van der Waals surface area (Å²) in [7, 11) is 0. The summed E-state index contributed by atoms with van der Waals surface area (Å²) in [5, 5.41) is 0. The zero-order valence-electron chi connectivity index (χ0n) is 8.69. The third kappa shape index (κ3) is 2.91. The standard InChI is InChI=1S/C13H8BrFO2/c14-10-2-1-3-12(7-10)17-13-5-4-11(15)6-9(13)8-16/h1-8H. The van der Waals surface area contributed by atoms with Crippen molar-refractivity contribution in [3.8, 4) is 11.5 Å². The fourth-order valence-electron chi connectivity index (χ4n) is 1.36. The van der Waals surface area contributed by atoms with Gasteiger partial charge in [-0.2, -0.15) is 0 Å². The van der Waals surface area contributed by atoms with Gasteiger partial charge in [-0.3, -0.25) is 4.79 Å². The van der Waals surface area contributed by atoms with Gasteiger partial charge in [0, 0.05) is 4.47 Å². The van der Waals surface area contributed by atoms with Gasteiger partial charge in [0.25, 0.3) is 0 Å². The van der Waals surface area contributed by atoms with Gasteiger partial charge in [0.2, 0.25) is 0 Å². The van der Waals surface area contributed by atoms with Crippen LogP contribution < -0.4 is 4.74 Å². The molecule has 0 fully saturated rings. The quantitative estimate of drug-likeness (QED) is 0.793. The molecule has 2 rings (SSSR count). The predicted molar refractivity (Wildman–Crippen MR) is 66.0 cm³/mol. The molecule has 0 spiro atoms. The summed E-state index contributed by atoms with van der Waals surface area (Å²) >= 11 is 3.31. The SMILES string of the molecule is O=Cc1cc(F)ccc1Oc1cccc(Br)c1. The van der Waals surface area contributed by atoms with E-state index in [0.29, 0.717) is 17.8 Å². The first kappa shape index (κ1) is 11.8. The summed E-state index contributed by atoms with van der Waals surface area (Å²) in [6.45, 7) is 0. The molecule has 0 aliphatic heterocycles. The van der Waals surface area contributed by atoms with Gasteiger partial charge >= 0.3 is 0 Å². The van der Waals surface area contributed by atoms with E-state index in [-0.39, 0.29) is 5.56 Å². The Labute approximate surface area is 106 Å². The minimum Gasteiger partial charge on any atom is -0.457 e. The monoisotopic (exact) mass is 294 g/mol. The molecule has 0 aliphatic rings. The van der Waals surface area contributed by atoms with Crippen LogP contribution in [0.3, 0.4) is 0 Å². The Morgan fingerprint density at radius 3 is 2.71 bits per heavy atom. The summed E-state index contributed by atoms with van der Waals surface area (Å²) in [5.74, 6) is 0.447. The summed E-state index contributed by atoms with van der Waals surface area (Å²) in [6.07, 6.45) is 0.566. The normalized spacial score (nSPS) is 10.0. The van der Waals surface area contributed by atoms with Crippen LogP contribution in [-0.2, 0) is 0 Å². The molecule has 0 aromatic heterocycles. The van der Waals surface area contributed by atoms with Crippen LogP contribution in [0.4, 0.5) is 4.39 Å². The van der Waals surface area contributed by atoms with Gasteiger partial charge in [0.05, 0.1) is 5.56 Å².